The van der Waals surface area contributed by atoms with E-state index in [9.17, 15) is 15.0 Å². The second-order valence-corrected chi connectivity index (χ2v) is 6.34. The fraction of sp³-hybridized carbons (Fsp3) is 0.929. The van der Waals surface area contributed by atoms with Crippen LogP contribution >= 0.6 is 12.6 Å². The largest absolute Gasteiger partial charge is 0.390 e. The molecule has 5 N–H and O–H groups in total. The van der Waals surface area contributed by atoms with Crippen LogP contribution in [-0.2, 0) is 9.53 Å². The highest BCUT2D eigenvalue weighted by atomic mass is 32.1. The van der Waals surface area contributed by atoms with Crippen molar-refractivity contribution in [2.75, 3.05) is 18.8 Å². The molecule has 1 amide bonds. The molecular formula is C14H28N2O4S. The molecule has 1 rings (SSSR count). The summed E-state index contributed by atoms with van der Waals surface area (Å²) in [6, 6.07) is 0. The first-order valence-corrected chi connectivity index (χ1v) is 8.14. The number of amides is 1. The Labute approximate surface area is 131 Å². The van der Waals surface area contributed by atoms with Gasteiger partial charge >= 0.3 is 0 Å². The lowest BCUT2D eigenvalue weighted by molar-refractivity contribution is -0.206. The highest BCUT2D eigenvalue weighted by Crippen LogP contribution is 2.29. The lowest BCUT2D eigenvalue weighted by atomic mass is 9.82. The van der Waals surface area contributed by atoms with Crippen LogP contribution in [-0.4, -0.2) is 59.4 Å². The van der Waals surface area contributed by atoms with Crippen molar-refractivity contribution in [2.45, 2.75) is 51.1 Å². The van der Waals surface area contributed by atoms with Gasteiger partial charge < -0.3 is 26.0 Å². The lowest BCUT2D eigenvalue weighted by Crippen LogP contribution is -2.60. The van der Waals surface area contributed by atoms with Gasteiger partial charge in [0.25, 0.3) is 0 Å². The van der Waals surface area contributed by atoms with E-state index in [1.54, 1.807) is 0 Å². The molecule has 0 aromatic carbocycles. The predicted octanol–water partition coefficient (Wildman–Crippen LogP) is -0.467. The van der Waals surface area contributed by atoms with Crippen molar-refractivity contribution < 1.29 is 19.7 Å². The normalized spacial score (nSPS) is 33.2. The molecule has 5 unspecified atom stereocenters. The Bertz CT molecular complexity index is 330. The molecule has 7 heteroatoms. The Morgan fingerprint density at radius 1 is 1.38 bits per heavy atom. The number of nitrogens with one attached hydrogen (secondary N) is 1. The van der Waals surface area contributed by atoms with E-state index in [2.05, 4.69) is 17.9 Å². The van der Waals surface area contributed by atoms with E-state index in [1.807, 2.05) is 13.8 Å². The molecular weight excluding hydrogens is 292 g/mol. The third-order valence-corrected chi connectivity index (χ3v) is 4.23. The summed E-state index contributed by atoms with van der Waals surface area (Å²) >= 11 is 4.06. The SMILES string of the molecule is CC(C)C1OC(CNC(=O)CCCS)C(O)C(O)C1CN. The van der Waals surface area contributed by atoms with Crippen molar-refractivity contribution >= 4 is 18.5 Å². The molecule has 0 spiro atoms. The van der Waals surface area contributed by atoms with E-state index in [0.29, 0.717) is 18.6 Å². The number of thiol groups is 1. The quantitative estimate of drug-likeness (QED) is 0.408. The fourth-order valence-corrected chi connectivity index (χ4v) is 2.85. The maximum Gasteiger partial charge on any atom is 0.220 e. The van der Waals surface area contributed by atoms with Crippen LogP contribution in [0.4, 0.5) is 0 Å². The monoisotopic (exact) mass is 320 g/mol. The highest BCUT2D eigenvalue weighted by Gasteiger charge is 2.44. The van der Waals surface area contributed by atoms with Gasteiger partial charge in [0.2, 0.25) is 5.91 Å². The minimum atomic E-state index is -1.04. The molecule has 0 aromatic rings. The number of carbonyl (C=O) groups is 1. The molecule has 21 heavy (non-hydrogen) atoms. The van der Waals surface area contributed by atoms with Crippen LogP contribution in [0, 0.1) is 11.8 Å². The van der Waals surface area contributed by atoms with Gasteiger partial charge in [-0.15, -0.1) is 0 Å². The van der Waals surface area contributed by atoms with Gasteiger partial charge in [-0.2, -0.15) is 12.6 Å². The van der Waals surface area contributed by atoms with E-state index >= 15 is 0 Å². The number of nitrogens with two attached hydrogens (primary N) is 1. The van der Waals surface area contributed by atoms with Gasteiger partial charge in [-0.25, -0.2) is 0 Å². The molecule has 5 atom stereocenters. The van der Waals surface area contributed by atoms with Crippen LogP contribution in [0.1, 0.15) is 26.7 Å². The van der Waals surface area contributed by atoms with Gasteiger partial charge in [0, 0.05) is 25.4 Å². The first-order valence-electron chi connectivity index (χ1n) is 7.51. The molecule has 6 nitrogen and oxygen atoms in total. The lowest BCUT2D eigenvalue weighted by Gasteiger charge is -2.44. The summed E-state index contributed by atoms with van der Waals surface area (Å²) in [6.07, 6.45) is -1.72. The molecule has 0 bridgehead atoms. The van der Waals surface area contributed by atoms with Crippen LogP contribution in [0.25, 0.3) is 0 Å². The maximum absolute atomic E-state index is 11.6. The Kier molecular flexibility index (Phi) is 7.97. The zero-order valence-electron chi connectivity index (χ0n) is 12.7. The topological polar surface area (TPSA) is 105 Å². The summed E-state index contributed by atoms with van der Waals surface area (Å²) in [5, 5.41) is 23.1. The number of hydrogen-bond donors (Lipinski definition) is 5. The van der Waals surface area contributed by atoms with Gasteiger partial charge in [0.05, 0.1) is 12.2 Å². The Morgan fingerprint density at radius 3 is 2.57 bits per heavy atom. The zero-order chi connectivity index (χ0) is 16.0. The van der Waals surface area contributed by atoms with Crippen LogP contribution in [0.5, 0.6) is 0 Å². The van der Waals surface area contributed by atoms with Crippen molar-refractivity contribution in [1.29, 1.82) is 0 Å². The van der Waals surface area contributed by atoms with Crippen LogP contribution in [0.2, 0.25) is 0 Å². The molecule has 1 heterocycles. The summed E-state index contributed by atoms with van der Waals surface area (Å²) in [5.41, 5.74) is 5.68. The number of ether oxygens (including phenoxy) is 1. The fourth-order valence-electron chi connectivity index (χ4n) is 2.69. The minimum Gasteiger partial charge on any atom is -0.390 e. The number of aliphatic hydroxyl groups excluding tert-OH is 2. The van der Waals surface area contributed by atoms with Crippen molar-refractivity contribution in [3.05, 3.63) is 0 Å². The van der Waals surface area contributed by atoms with E-state index in [-0.39, 0.29) is 36.9 Å². The molecule has 124 valence electrons. The molecule has 1 aliphatic heterocycles. The summed E-state index contributed by atoms with van der Waals surface area (Å²) in [6.45, 7) is 4.41. The van der Waals surface area contributed by atoms with E-state index < -0.39 is 18.3 Å². The average Bonchev–Trinajstić information content (AvgIpc) is 2.46. The van der Waals surface area contributed by atoms with Crippen molar-refractivity contribution in [3.8, 4) is 0 Å². The molecule has 1 saturated heterocycles. The molecule has 1 fully saturated rings. The van der Waals surface area contributed by atoms with E-state index in [0.717, 1.165) is 0 Å². The number of aliphatic hydroxyl groups is 2. The zero-order valence-corrected chi connectivity index (χ0v) is 13.6. The molecule has 0 radical (unpaired) electrons. The van der Waals surface area contributed by atoms with Gasteiger partial charge in [0.1, 0.15) is 12.2 Å². The van der Waals surface area contributed by atoms with Crippen molar-refractivity contribution in [2.24, 2.45) is 17.6 Å². The highest BCUT2D eigenvalue weighted by molar-refractivity contribution is 7.80. The van der Waals surface area contributed by atoms with Gasteiger partial charge in [0.15, 0.2) is 0 Å². The second-order valence-electron chi connectivity index (χ2n) is 5.90. The summed E-state index contributed by atoms with van der Waals surface area (Å²) in [5.74, 6) is 0.429. The van der Waals surface area contributed by atoms with Crippen molar-refractivity contribution in [3.63, 3.8) is 0 Å². The number of hydrogen-bond acceptors (Lipinski definition) is 6. The maximum atomic E-state index is 11.6. The number of carbonyl (C=O) groups excluding carboxylic acids is 1. The molecule has 0 aromatic heterocycles. The summed E-state index contributed by atoms with van der Waals surface area (Å²) in [7, 11) is 0. The minimum absolute atomic E-state index is 0.101. The third kappa shape index (κ3) is 5.10. The first kappa shape index (κ1) is 18.7. The Balaban J connectivity index is 2.59. The second kappa shape index (κ2) is 8.95. The Morgan fingerprint density at radius 2 is 2.05 bits per heavy atom. The average molecular weight is 320 g/mol. The summed E-state index contributed by atoms with van der Waals surface area (Å²) < 4.78 is 5.87. The first-order chi connectivity index (χ1) is 9.92. The summed E-state index contributed by atoms with van der Waals surface area (Å²) in [4.78, 5) is 11.6. The predicted molar refractivity (Wildman–Crippen MR) is 84.2 cm³/mol. The van der Waals surface area contributed by atoms with Gasteiger partial charge in [-0.1, -0.05) is 13.8 Å². The molecule has 0 saturated carbocycles. The van der Waals surface area contributed by atoms with Crippen LogP contribution < -0.4 is 11.1 Å². The van der Waals surface area contributed by atoms with Crippen LogP contribution in [0.3, 0.4) is 0 Å². The van der Waals surface area contributed by atoms with E-state index in [4.69, 9.17) is 10.5 Å². The third-order valence-electron chi connectivity index (χ3n) is 3.92. The Hall–Kier alpha value is -0.340. The standard InChI is InChI=1S/C14H28N2O4S/c1-8(2)14-9(6-15)12(18)13(19)10(20-14)7-16-11(17)4-3-5-21/h8-10,12-14,18-19,21H,3-7,15H2,1-2H3,(H,16,17). The van der Waals surface area contributed by atoms with Gasteiger partial charge in [-0.05, 0) is 18.1 Å². The van der Waals surface area contributed by atoms with Crippen molar-refractivity contribution in [1.82, 2.24) is 5.32 Å². The molecule has 1 aliphatic rings. The smallest absolute Gasteiger partial charge is 0.220 e. The van der Waals surface area contributed by atoms with E-state index in [1.165, 1.54) is 0 Å². The molecule has 0 aliphatic carbocycles. The van der Waals surface area contributed by atoms with Crippen LogP contribution in [0.15, 0.2) is 0 Å². The number of rotatable bonds is 7. The van der Waals surface area contributed by atoms with Gasteiger partial charge in [-0.3, -0.25) is 4.79 Å².